The standard InChI is InChI=1S/C15H25N/c1-4-9-13(3)16-12-14(5-2)15-10-7-6-8-11-15/h6-8,10-11,13-14,16H,4-5,9,12H2,1-3H3. The van der Waals surface area contributed by atoms with Crippen molar-refractivity contribution in [1.29, 1.82) is 0 Å². The van der Waals surface area contributed by atoms with Gasteiger partial charge in [-0.15, -0.1) is 0 Å². The van der Waals surface area contributed by atoms with Gasteiger partial charge in [-0.2, -0.15) is 0 Å². The van der Waals surface area contributed by atoms with E-state index in [4.69, 9.17) is 0 Å². The zero-order valence-corrected chi connectivity index (χ0v) is 10.9. The Morgan fingerprint density at radius 2 is 1.81 bits per heavy atom. The first-order chi connectivity index (χ1) is 7.77. The van der Waals surface area contributed by atoms with Gasteiger partial charge in [0.15, 0.2) is 0 Å². The summed E-state index contributed by atoms with van der Waals surface area (Å²) >= 11 is 0. The van der Waals surface area contributed by atoms with E-state index in [0.717, 1.165) is 6.54 Å². The van der Waals surface area contributed by atoms with E-state index < -0.39 is 0 Å². The molecule has 0 spiro atoms. The maximum Gasteiger partial charge on any atom is 0.00388 e. The molecule has 2 unspecified atom stereocenters. The second-order valence-corrected chi connectivity index (χ2v) is 4.61. The van der Waals surface area contributed by atoms with Crippen LogP contribution < -0.4 is 5.32 Å². The Labute approximate surface area is 100 Å². The van der Waals surface area contributed by atoms with Crippen LogP contribution in [-0.2, 0) is 0 Å². The molecule has 0 heterocycles. The van der Waals surface area contributed by atoms with E-state index in [1.807, 2.05) is 0 Å². The van der Waals surface area contributed by atoms with Gasteiger partial charge in [0.1, 0.15) is 0 Å². The van der Waals surface area contributed by atoms with Crippen molar-refractivity contribution in [3.05, 3.63) is 35.9 Å². The van der Waals surface area contributed by atoms with Crippen LogP contribution in [0.1, 0.15) is 51.5 Å². The van der Waals surface area contributed by atoms with E-state index in [9.17, 15) is 0 Å². The quantitative estimate of drug-likeness (QED) is 0.732. The molecule has 1 rings (SSSR count). The molecule has 90 valence electrons. The molecule has 1 aromatic rings. The smallest absolute Gasteiger partial charge is 0.00388 e. The molecule has 0 amide bonds. The first-order valence-corrected chi connectivity index (χ1v) is 6.56. The van der Waals surface area contributed by atoms with Crippen LogP contribution in [-0.4, -0.2) is 12.6 Å². The van der Waals surface area contributed by atoms with Crippen LogP contribution in [0.25, 0.3) is 0 Å². The van der Waals surface area contributed by atoms with Crippen molar-refractivity contribution < 1.29 is 0 Å². The molecule has 0 saturated carbocycles. The summed E-state index contributed by atoms with van der Waals surface area (Å²) in [6, 6.07) is 11.5. The van der Waals surface area contributed by atoms with E-state index in [2.05, 4.69) is 56.4 Å². The molecular weight excluding hydrogens is 194 g/mol. The highest BCUT2D eigenvalue weighted by Crippen LogP contribution is 2.18. The molecular formula is C15H25N. The summed E-state index contributed by atoms with van der Waals surface area (Å²) in [7, 11) is 0. The largest absolute Gasteiger partial charge is 0.314 e. The highest BCUT2D eigenvalue weighted by atomic mass is 14.9. The van der Waals surface area contributed by atoms with Gasteiger partial charge in [-0.1, -0.05) is 50.6 Å². The zero-order valence-electron chi connectivity index (χ0n) is 10.9. The minimum atomic E-state index is 0.641. The minimum absolute atomic E-state index is 0.641. The van der Waals surface area contributed by atoms with Gasteiger partial charge in [-0.3, -0.25) is 0 Å². The molecule has 0 saturated heterocycles. The monoisotopic (exact) mass is 219 g/mol. The molecule has 2 atom stereocenters. The van der Waals surface area contributed by atoms with E-state index in [0.29, 0.717) is 12.0 Å². The fourth-order valence-electron chi connectivity index (χ4n) is 2.10. The van der Waals surface area contributed by atoms with Gasteiger partial charge in [0.2, 0.25) is 0 Å². The summed E-state index contributed by atoms with van der Waals surface area (Å²) in [5, 5.41) is 3.63. The maximum atomic E-state index is 3.63. The normalized spacial score (nSPS) is 14.7. The number of hydrogen-bond donors (Lipinski definition) is 1. The van der Waals surface area contributed by atoms with Gasteiger partial charge in [0.05, 0.1) is 0 Å². The Kier molecular flexibility index (Phi) is 6.17. The topological polar surface area (TPSA) is 12.0 Å². The summed E-state index contributed by atoms with van der Waals surface area (Å²) < 4.78 is 0. The second-order valence-electron chi connectivity index (χ2n) is 4.61. The highest BCUT2D eigenvalue weighted by Gasteiger charge is 2.09. The molecule has 16 heavy (non-hydrogen) atoms. The van der Waals surface area contributed by atoms with Crippen LogP contribution >= 0.6 is 0 Å². The van der Waals surface area contributed by atoms with Crippen molar-refractivity contribution in [3.8, 4) is 0 Å². The van der Waals surface area contributed by atoms with Crippen molar-refractivity contribution in [2.75, 3.05) is 6.54 Å². The van der Waals surface area contributed by atoms with Gasteiger partial charge in [-0.25, -0.2) is 0 Å². The third-order valence-corrected chi connectivity index (χ3v) is 3.20. The van der Waals surface area contributed by atoms with E-state index in [-0.39, 0.29) is 0 Å². The third kappa shape index (κ3) is 4.36. The Morgan fingerprint density at radius 1 is 1.12 bits per heavy atom. The number of hydrogen-bond acceptors (Lipinski definition) is 1. The number of benzene rings is 1. The Balaban J connectivity index is 2.44. The summed E-state index contributed by atoms with van der Waals surface area (Å²) in [5.41, 5.74) is 1.46. The van der Waals surface area contributed by atoms with Gasteiger partial charge in [-0.05, 0) is 31.2 Å². The molecule has 1 aromatic carbocycles. The lowest BCUT2D eigenvalue weighted by Gasteiger charge is -2.19. The second kappa shape index (κ2) is 7.45. The van der Waals surface area contributed by atoms with Crippen molar-refractivity contribution in [3.63, 3.8) is 0 Å². The first kappa shape index (κ1) is 13.2. The zero-order chi connectivity index (χ0) is 11.8. The molecule has 1 nitrogen and oxygen atoms in total. The molecule has 1 heteroatoms. The molecule has 1 N–H and O–H groups in total. The van der Waals surface area contributed by atoms with E-state index in [1.165, 1.54) is 24.8 Å². The lowest BCUT2D eigenvalue weighted by atomic mass is 9.96. The first-order valence-electron chi connectivity index (χ1n) is 6.56. The lowest BCUT2D eigenvalue weighted by molar-refractivity contribution is 0.472. The summed E-state index contributed by atoms with van der Waals surface area (Å²) in [4.78, 5) is 0. The van der Waals surface area contributed by atoms with Crippen molar-refractivity contribution in [1.82, 2.24) is 5.32 Å². The van der Waals surface area contributed by atoms with Gasteiger partial charge in [0.25, 0.3) is 0 Å². The summed E-state index contributed by atoms with van der Waals surface area (Å²) in [5.74, 6) is 0.653. The molecule has 0 aliphatic carbocycles. The molecule has 0 aliphatic heterocycles. The van der Waals surface area contributed by atoms with Crippen LogP contribution in [0.15, 0.2) is 30.3 Å². The maximum absolute atomic E-state index is 3.63. The Morgan fingerprint density at radius 3 is 2.38 bits per heavy atom. The average Bonchev–Trinajstić information content (AvgIpc) is 2.31. The van der Waals surface area contributed by atoms with E-state index in [1.54, 1.807) is 0 Å². The van der Waals surface area contributed by atoms with Crippen molar-refractivity contribution >= 4 is 0 Å². The fourth-order valence-corrected chi connectivity index (χ4v) is 2.10. The van der Waals surface area contributed by atoms with Crippen molar-refractivity contribution in [2.24, 2.45) is 0 Å². The van der Waals surface area contributed by atoms with Crippen molar-refractivity contribution in [2.45, 2.75) is 52.0 Å². The van der Waals surface area contributed by atoms with E-state index >= 15 is 0 Å². The third-order valence-electron chi connectivity index (χ3n) is 3.20. The van der Waals surface area contributed by atoms with Gasteiger partial charge < -0.3 is 5.32 Å². The van der Waals surface area contributed by atoms with Crippen LogP contribution in [0, 0.1) is 0 Å². The molecule has 0 aliphatic rings. The van der Waals surface area contributed by atoms with Crippen LogP contribution in [0.4, 0.5) is 0 Å². The molecule has 0 radical (unpaired) electrons. The highest BCUT2D eigenvalue weighted by molar-refractivity contribution is 5.19. The molecule has 0 aromatic heterocycles. The predicted octanol–water partition coefficient (Wildman–Crippen LogP) is 3.96. The molecule has 0 bridgehead atoms. The molecule has 0 fully saturated rings. The average molecular weight is 219 g/mol. The fraction of sp³-hybridized carbons (Fsp3) is 0.600. The van der Waals surface area contributed by atoms with Gasteiger partial charge >= 0.3 is 0 Å². The summed E-state index contributed by atoms with van der Waals surface area (Å²) in [6.45, 7) is 7.89. The Bertz CT molecular complexity index is 268. The predicted molar refractivity (Wildman–Crippen MR) is 71.8 cm³/mol. The Hall–Kier alpha value is -0.820. The minimum Gasteiger partial charge on any atom is -0.314 e. The summed E-state index contributed by atoms with van der Waals surface area (Å²) in [6.07, 6.45) is 3.73. The SMILES string of the molecule is CCCC(C)NCC(CC)c1ccccc1. The number of rotatable bonds is 7. The van der Waals surface area contributed by atoms with Crippen LogP contribution in [0.3, 0.4) is 0 Å². The van der Waals surface area contributed by atoms with Crippen LogP contribution in [0.5, 0.6) is 0 Å². The van der Waals surface area contributed by atoms with Gasteiger partial charge in [0, 0.05) is 12.6 Å². The lowest BCUT2D eigenvalue weighted by Crippen LogP contribution is -2.30. The number of nitrogens with one attached hydrogen (secondary N) is 1. The van der Waals surface area contributed by atoms with Crippen LogP contribution in [0.2, 0.25) is 0 Å².